The molecule has 0 bridgehead atoms. The molecule has 90 valence electrons. The van der Waals surface area contributed by atoms with Crippen LogP contribution < -0.4 is 5.32 Å². The smallest absolute Gasteiger partial charge is 0.171 e. The molecule has 0 amide bonds. The van der Waals surface area contributed by atoms with E-state index in [0.717, 1.165) is 23.6 Å². The number of halogens is 1. The summed E-state index contributed by atoms with van der Waals surface area (Å²) in [6.45, 7) is 5.98. The molecule has 0 aromatic carbocycles. The molecule has 0 spiro atoms. The molecule has 1 aromatic rings. The largest absolute Gasteiger partial charge is 0.365 e. The molecule has 1 heterocycles. The SMILES string of the molecule is CSCCC(C)Nc1nc(C)c(C)nc1Cl. The topological polar surface area (TPSA) is 37.8 Å². The van der Waals surface area contributed by atoms with Crippen molar-refractivity contribution in [1.82, 2.24) is 9.97 Å². The van der Waals surface area contributed by atoms with Crippen molar-refractivity contribution < 1.29 is 0 Å². The molecule has 0 aliphatic heterocycles. The molecule has 16 heavy (non-hydrogen) atoms. The first kappa shape index (κ1) is 13.6. The van der Waals surface area contributed by atoms with Crippen LogP contribution in [0.25, 0.3) is 0 Å². The lowest BCUT2D eigenvalue weighted by atomic mass is 10.2. The van der Waals surface area contributed by atoms with Crippen LogP contribution in [0.5, 0.6) is 0 Å². The number of anilines is 1. The Hall–Kier alpha value is -0.480. The van der Waals surface area contributed by atoms with Gasteiger partial charge >= 0.3 is 0 Å². The zero-order chi connectivity index (χ0) is 12.1. The fourth-order valence-electron chi connectivity index (χ4n) is 1.27. The minimum absolute atomic E-state index is 0.362. The van der Waals surface area contributed by atoms with E-state index in [1.807, 2.05) is 25.6 Å². The molecule has 0 saturated heterocycles. The summed E-state index contributed by atoms with van der Waals surface area (Å²) in [5.41, 5.74) is 1.80. The first-order chi connectivity index (χ1) is 7.54. The number of hydrogen-bond acceptors (Lipinski definition) is 4. The maximum Gasteiger partial charge on any atom is 0.171 e. The van der Waals surface area contributed by atoms with E-state index in [4.69, 9.17) is 11.6 Å². The molecule has 0 saturated carbocycles. The van der Waals surface area contributed by atoms with Gasteiger partial charge in [-0.1, -0.05) is 11.6 Å². The van der Waals surface area contributed by atoms with E-state index >= 15 is 0 Å². The normalized spacial score (nSPS) is 12.6. The van der Waals surface area contributed by atoms with Gasteiger partial charge in [-0.2, -0.15) is 11.8 Å². The van der Waals surface area contributed by atoms with E-state index in [9.17, 15) is 0 Å². The van der Waals surface area contributed by atoms with Crippen LogP contribution in [0.1, 0.15) is 24.7 Å². The molecule has 1 atom stereocenters. The zero-order valence-electron chi connectivity index (χ0n) is 10.2. The van der Waals surface area contributed by atoms with E-state index in [2.05, 4.69) is 28.5 Å². The third-order valence-electron chi connectivity index (χ3n) is 2.40. The van der Waals surface area contributed by atoms with Gasteiger partial charge in [-0.05, 0) is 39.2 Å². The summed E-state index contributed by atoms with van der Waals surface area (Å²) >= 11 is 7.88. The van der Waals surface area contributed by atoms with E-state index < -0.39 is 0 Å². The number of thioether (sulfide) groups is 1. The fraction of sp³-hybridized carbons (Fsp3) is 0.636. The Morgan fingerprint density at radius 2 is 1.94 bits per heavy atom. The van der Waals surface area contributed by atoms with Crippen LogP contribution in [0.3, 0.4) is 0 Å². The lowest BCUT2D eigenvalue weighted by Gasteiger charge is -2.15. The summed E-state index contributed by atoms with van der Waals surface area (Å²) in [6, 6.07) is 0.362. The quantitative estimate of drug-likeness (QED) is 0.881. The highest BCUT2D eigenvalue weighted by atomic mass is 35.5. The second-order valence-corrected chi connectivity index (χ2v) is 5.20. The van der Waals surface area contributed by atoms with Gasteiger partial charge in [0.2, 0.25) is 0 Å². The first-order valence-corrected chi connectivity index (χ1v) is 7.08. The van der Waals surface area contributed by atoms with Gasteiger partial charge in [-0.3, -0.25) is 0 Å². The first-order valence-electron chi connectivity index (χ1n) is 5.30. The van der Waals surface area contributed by atoms with Crippen molar-refractivity contribution in [3.8, 4) is 0 Å². The maximum atomic E-state index is 6.04. The summed E-state index contributed by atoms with van der Waals surface area (Å²) in [5, 5.41) is 3.75. The van der Waals surface area contributed by atoms with Crippen molar-refractivity contribution in [3.05, 3.63) is 16.5 Å². The third-order valence-corrected chi connectivity index (χ3v) is 3.31. The molecular weight excluding hydrogens is 242 g/mol. The van der Waals surface area contributed by atoms with Crippen LogP contribution in [0, 0.1) is 13.8 Å². The summed E-state index contributed by atoms with van der Waals surface area (Å²) in [6.07, 6.45) is 3.20. The number of aromatic nitrogens is 2. The van der Waals surface area contributed by atoms with Gasteiger partial charge in [0.1, 0.15) is 0 Å². The number of nitrogens with zero attached hydrogens (tertiary/aromatic N) is 2. The number of rotatable bonds is 5. The van der Waals surface area contributed by atoms with Crippen LogP contribution in [0.4, 0.5) is 5.82 Å². The van der Waals surface area contributed by atoms with Gasteiger partial charge in [-0.15, -0.1) is 0 Å². The predicted molar refractivity (Wildman–Crippen MR) is 72.6 cm³/mol. The van der Waals surface area contributed by atoms with E-state index in [-0.39, 0.29) is 0 Å². The highest BCUT2D eigenvalue weighted by Gasteiger charge is 2.09. The van der Waals surface area contributed by atoms with Crippen molar-refractivity contribution in [2.75, 3.05) is 17.3 Å². The summed E-state index contributed by atoms with van der Waals surface area (Å²) in [7, 11) is 0. The average Bonchev–Trinajstić information content (AvgIpc) is 2.23. The molecule has 0 fully saturated rings. The van der Waals surface area contributed by atoms with Gasteiger partial charge in [0.15, 0.2) is 11.0 Å². The summed E-state index contributed by atoms with van der Waals surface area (Å²) in [4.78, 5) is 8.65. The molecule has 0 aliphatic carbocycles. The Morgan fingerprint density at radius 3 is 2.56 bits per heavy atom. The zero-order valence-corrected chi connectivity index (χ0v) is 11.7. The fourth-order valence-corrected chi connectivity index (χ4v) is 2.08. The van der Waals surface area contributed by atoms with Gasteiger partial charge in [0.25, 0.3) is 0 Å². The second kappa shape index (κ2) is 6.30. The lowest BCUT2D eigenvalue weighted by molar-refractivity contribution is 0.764. The molecule has 5 heteroatoms. The summed E-state index contributed by atoms with van der Waals surface area (Å²) < 4.78 is 0. The molecule has 1 unspecified atom stereocenters. The van der Waals surface area contributed by atoms with Gasteiger partial charge in [0.05, 0.1) is 11.4 Å². The van der Waals surface area contributed by atoms with Crippen molar-refractivity contribution in [1.29, 1.82) is 0 Å². The molecule has 1 rings (SSSR count). The molecule has 1 aromatic heterocycles. The Morgan fingerprint density at radius 1 is 1.31 bits per heavy atom. The maximum absolute atomic E-state index is 6.04. The Balaban J connectivity index is 2.69. The number of aryl methyl sites for hydroxylation is 2. The van der Waals surface area contributed by atoms with Crippen LogP contribution in [-0.2, 0) is 0 Å². The monoisotopic (exact) mass is 259 g/mol. The van der Waals surface area contributed by atoms with E-state index in [0.29, 0.717) is 17.0 Å². The highest BCUT2D eigenvalue weighted by molar-refractivity contribution is 7.98. The molecule has 0 radical (unpaired) electrons. The lowest BCUT2D eigenvalue weighted by Crippen LogP contribution is -2.18. The van der Waals surface area contributed by atoms with Crippen molar-refractivity contribution in [3.63, 3.8) is 0 Å². The Kier molecular flexibility index (Phi) is 5.35. The van der Waals surface area contributed by atoms with Crippen LogP contribution in [-0.4, -0.2) is 28.0 Å². The second-order valence-electron chi connectivity index (χ2n) is 3.86. The van der Waals surface area contributed by atoms with Crippen LogP contribution in [0.15, 0.2) is 0 Å². The third kappa shape index (κ3) is 3.83. The van der Waals surface area contributed by atoms with Gasteiger partial charge < -0.3 is 5.32 Å². The van der Waals surface area contributed by atoms with Crippen molar-refractivity contribution in [2.24, 2.45) is 0 Å². The minimum atomic E-state index is 0.362. The summed E-state index contributed by atoms with van der Waals surface area (Å²) in [5.74, 6) is 1.82. The minimum Gasteiger partial charge on any atom is -0.365 e. The molecule has 1 N–H and O–H groups in total. The van der Waals surface area contributed by atoms with E-state index in [1.54, 1.807) is 0 Å². The number of nitrogens with one attached hydrogen (secondary N) is 1. The Bertz CT molecular complexity index is 357. The van der Waals surface area contributed by atoms with Gasteiger partial charge in [-0.25, -0.2) is 9.97 Å². The van der Waals surface area contributed by atoms with E-state index in [1.165, 1.54) is 0 Å². The standard InChI is InChI=1S/C11H18ClN3S/c1-7(5-6-16-4)13-11-10(12)14-8(2)9(3)15-11/h7H,5-6H2,1-4H3,(H,13,15). The van der Waals surface area contributed by atoms with Crippen molar-refractivity contribution in [2.45, 2.75) is 33.2 Å². The highest BCUT2D eigenvalue weighted by Crippen LogP contribution is 2.19. The van der Waals surface area contributed by atoms with Crippen LogP contribution >= 0.6 is 23.4 Å². The number of hydrogen-bond donors (Lipinski definition) is 1. The molecular formula is C11H18ClN3S. The molecule has 0 aliphatic rings. The van der Waals surface area contributed by atoms with Crippen molar-refractivity contribution >= 4 is 29.2 Å². The van der Waals surface area contributed by atoms with Crippen LogP contribution in [0.2, 0.25) is 5.15 Å². The average molecular weight is 260 g/mol. The predicted octanol–water partition coefficient (Wildman–Crippen LogP) is 3.30. The molecule has 3 nitrogen and oxygen atoms in total. The van der Waals surface area contributed by atoms with Gasteiger partial charge in [0, 0.05) is 6.04 Å². The Labute approximate surface area is 106 Å².